The number of hydrogen-bond donors (Lipinski definition) is 2. The predicted octanol–water partition coefficient (Wildman–Crippen LogP) is 3.97. The third-order valence-corrected chi connectivity index (χ3v) is 5.28. The molecule has 1 aliphatic heterocycles. The Morgan fingerprint density at radius 2 is 1.87 bits per heavy atom. The van der Waals surface area contributed by atoms with Gasteiger partial charge in [0, 0.05) is 31.2 Å². The van der Waals surface area contributed by atoms with Crippen molar-refractivity contribution < 1.29 is 9.53 Å². The Hall–Kier alpha value is -1.35. The molecule has 6 nitrogen and oxygen atoms in total. The predicted molar refractivity (Wildman–Crippen MR) is 134 cm³/mol. The van der Waals surface area contributed by atoms with Crippen molar-refractivity contribution in [2.45, 2.75) is 59.0 Å². The van der Waals surface area contributed by atoms with Gasteiger partial charge >= 0.3 is 5.97 Å². The van der Waals surface area contributed by atoms with Crippen LogP contribution in [0.2, 0.25) is 0 Å². The van der Waals surface area contributed by atoms with Gasteiger partial charge < -0.3 is 20.3 Å². The molecule has 1 heterocycles. The number of nitrogens with zero attached hydrogens (tertiary/aromatic N) is 2. The van der Waals surface area contributed by atoms with Crippen molar-refractivity contribution in [3.8, 4) is 0 Å². The highest BCUT2D eigenvalue weighted by Gasteiger charge is 2.28. The van der Waals surface area contributed by atoms with Gasteiger partial charge in [-0.1, -0.05) is 30.3 Å². The molecular formula is C23H39IN4O2. The third kappa shape index (κ3) is 8.41. The largest absolute Gasteiger partial charge is 0.466 e. The SMILES string of the molecule is CCNC(=NCC(C)(C)NC(C)c1ccccc1)N1CCC(C(=O)OCC)CC1.I. The lowest BCUT2D eigenvalue weighted by molar-refractivity contribution is -0.149. The van der Waals surface area contributed by atoms with Crippen LogP contribution in [0.25, 0.3) is 0 Å². The van der Waals surface area contributed by atoms with Gasteiger partial charge in [-0.3, -0.25) is 9.79 Å². The Bertz CT molecular complexity index is 658. The van der Waals surface area contributed by atoms with E-state index in [-0.39, 0.29) is 47.4 Å². The minimum Gasteiger partial charge on any atom is -0.466 e. The summed E-state index contributed by atoms with van der Waals surface area (Å²) in [5, 5.41) is 7.11. The first-order valence-corrected chi connectivity index (χ1v) is 10.9. The van der Waals surface area contributed by atoms with E-state index in [1.807, 2.05) is 13.0 Å². The molecule has 30 heavy (non-hydrogen) atoms. The highest BCUT2D eigenvalue weighted by Crippen LogP contribution is 2.20. The number of rotatable bonds is 8. The van der Waals surface area contributed by atoms with Gasteiger partial charge in [0.25, 0.3) is 0 Å². The molecule has 7 heteroatoms. The number of nitrogens with one attached hydrogen (secondary N) is 2. The lowest BCUT2D eigenvalue weighted by Gasteiger charge is -2.34. The molecule has 0 saturated carbocycles. The van der Waals surface area contributed by atoms with E-state index in [4.69, 9.17) is 9.73 Å². The summed E-state index contributed by atoms with van der Waals surface area (Å²) in [6.45, 7) is 14.1. The molecular weight excluding hydrogens is 491 g/mol. The number of guanidine groups is 1. The first kappa shape index (κ1) is 26.7. The van der Waals surface area contributed by atoms with E-state index in [9.17, 15) is 4.79 Å². The second kappa shape index (κ2) is 13.1. The van der Waals surface area contributed by atoms with Crippen LogP contribution in [0.4, 0.5) is 0 Å². The number of likely N-dealkylation sites (tertiary alicyclic amines) is 1. The van der Waals surface area contributed by atoms with E-state index in [1.54, 1.807) is 0 Å². The summed E-state index contributed by atoms with van der Waals surface area (Å²) in [7, 11) is 0. The van der Waals surface area contributed by atoms with Crippen LogP contribution in [0, 0.1) is 5.92 Å². The number of benzene rings is 1. The molecule has 170 valence electrons. The van der Waals surface area contributed by atoms with E-state index in [0.717, 1.165) is 38.4 Å². The van der Waals surface area contributed by atoms with Gasteiger partial charge in [-0.25, -0.2) is 0 Å². The van der Waals surface area contributed by atoms with Crippen molar-refractivity contribution in [1.82, 2.24) is 15.5 Å². The number of halogens is 1. The number of aliphatic imine (C=N–C) groups is 1. The van der Waals surface area contributed by atoms with E-state index >= 15 is 0 Å². The Balaban J connectivity index is 0.00000450. The molecule has 1 unspecified atom stereocenters. The summed E-state index contributed by atoms with van der Waals surface area (Å²) >= 11 is 0. The van der Waals surface area contributed by atoms with Gasteiger partial charge in [-0.15, -0.1) is 24.0 Å². The van der Waals surface area contributed by atoms with Crippen LogP contribution in [0.1, 0.15) is 59.1 Å². The van der Waals surface area contributed by atoms with Crippen LogP contribution in [0.3, 0.4) is 0 Å². The lowest BCUT2D eigenvalue weighted by atomic mass is 9.97. The fourth-order valence-corrected chi connectivity index (χ4v) is 3.74. The molecule has 1 aromatic carbocycles. The Morgan fingerprint density at radius 3 is 2.43 bits per heavy atom. The van der Waals surface area contributed by atoms with Crippen molar-refractivity contribution in [3.63, 3.8) is 0 Å². The molecule has 0 bridgehead atoms. The van der Waals surface area contributed by atoms with Crippen molar-refractivity contribution in [1.29, 1.82) is 0 Å². The highest BCUT2D eigenvalue weighted by atomic mass is 127. The molecule has 1 fully saturated rings. The molecule has 1 atom stereocenters. The Kier molecular flexibility index (Phi) is 11.7. The fourth-order valence-electron chi connectivity index (χ4n) is 3.74. The lowest BCUT2D eigenvalue weighted by Crippen LogP contribution is -2.48. The molecule has 1 aromatic rings. The van der Waals surface area contributed by atoms with Crippen LogP contribution in [0.5, 0.6) is 0 Å². The zero-order valence-corrected chi connectivity index (χ0v) is 21.4. The van der Waals surface area contributed by atoms with Crippen LogP contribution in [0.15, 0.2) is 35.3 Å². The summed E-state index contributed by atoms with van der Waals surface area (Å²) in [5.74, 6) is 0.880. The van der Waals surface area contributed by atoms with Crippen LogP contribution >= 0.6 is 24.0 Å². The maximum Gasteiger partial charge on any atom is 0.309 e. The maximum atomic E-state index is 12.0. The van der Waals surface area contributed by atoms with Gasteiger partial charge in [0.05, 0.1) is 19.1 Å². The summed E-state index contributed by atoms with van der Waals surface area (Å²) in [6, 6.07) is 10.7. The quantitative estimate of drug-likeness (QED) is 0.231. The normalized spacial score (nSPS) is 16.6. The van der Waals surface area contributed by atoms with Gasteiger partial charge in [0.15, 0.2) is 5.96 Å². The Morgan fingerprint density at radius 1 is 1.23 bits per heavy atom. The summed E-state index contributed by atoms with van der Waals surface area (Å²) in [4.78, 5) is 19.2. The third-order valence-electron chi connectivity index (χ3n) is 5.28. The second-order valence-corrected chi connectivity index (χ2v) is 8.34. The highest BCUT2D eigenvalue weighted by molar-refractivity contribution is 14.0. The topological polar surface area (TPSA) is 66.0 Å². The van der Waals surface area contributed by atoms with E-state index in [1.165, 1.54) is 5.56 Å². The maximum absolute atomic E-state index is 12.0. The Labute approximate surface area is 199 Å². The number of hydrogen-bond acceptors (Lipinski definition) is 4. The van der Waals surface area contributed by atoms with Gasteiger partial charge in [-0.2, -0.15) is 0 Å². The first-order valence-electron chi connectivity index (χ1n) is 10.9. The monoisotopic (exact) mass is 530 g/mol. The van der Waals surface area contributed by atoms with Crippen LogP contribution < -0.4 is 10.6 Å². The summed E-state index contributed by atoms with van der Waals surface area (Å²) < 4.78 is 5.18. The molecule has 0 amide bonds. The second-order valence-electron chi connectivity index (χ2n) is 8.34. The molecule has 0 radical (unpaired) electrons. The summed E-state index contributed by atoms with van der Waals surface area (Å²) in [5.41, 5.74) is 1.14. The number of piperidine rings is 1. The molecule has 0 aromatic heterocycles. The molecule has 2 N–H and O–H groups in total. The molecule has 2 rings (SSSR count). The van der Waals surface area contributed by atoms with E-state index < -0.39 is 0 Å². The number of carbonyl (C=O) groups excluding carboxylic acids is 1. The zero-order chi connectivity index (χ0) is 21.3. The molecule has 1 aliphatic rings. The van der Waals surface area contributed by atoms with Crippen molar-refractivity contribution in [3.05, 3.63) is 35.9 Å². The molecule has 1 saturated heterocycles. The fraction of sp³-hybridized carbons (Fsp3) is 0.652. The molecule has 0 spiro atoms. The van der Waals surface area contributed by atoms with Gasteiger partial charge in [-0.05, 0) is 53.0 Å². The van der Waals surface area contributed by atoms with Gasteiger partial charge in [0.2, 0.25) is 0 Å². The van der Waals surface area contributed by atoms with E-state index in [0.29, 0.717) is 13.2 Å². The van der Waals surface area contributed by atoms with Crippen molar-refractivity contribution in [2.75, 3.05) is 32.8 Å². The minimum atomic E-state index is -0.140. The standard InChI is InChI=1S/C23H38N4O2.HI/c1-6-24-22(27-15-13-20(14-16-27)21(28)29-7-2)25-17-23(4,5)26-18(3)19-11-9-8-10-12-19;/h8-12,18,20,26H,6-7,13-17H2,1-5H3,(H,24,25);1H. The average Bonchev–Trinajstić information content (AvgIpc) is 2.72. The van der Waals surface area contributed by atoms with Crippen LogP contribution in [-0.4, -0.2) is 55.2 Å². The van der Waals surface area contributed by atoms with E-state index in [2.05, 4.69) is 67.5 Å². The summed E-state index contributed by atoms with van der Waals surface area (Å²) in [6.07, 6.45) is 1.63. The molecule has 0 aliphatic carbocycles. The number of esters is 1. The van der Waals surface area contributed by atoms with Crippen LogP contribution in [-0.2, 0) is 9.53 Å². The number of ether oxygens (including phenoxy) is 1. The minimum absolute atomic E-state index is 0. The first-order chi connectivity index (χ1) is 13.9. The van der Waals surface area contributed by atoms with Crippen molar-refractivity contribution in [2.24, 2.45) is 10.9 Å². The zero-order valence-electron chi connectivity index (χ0n) is 19.1. The average molecular weight is 530 g/mol. The smallest absolute Gasteiger partial charge is 0.309 e. The number of carbonyl (C=O) groups is 1. The van der Waals surface area contributed by atoms with Crippen molar-refractivity contribution >= 4 is 35.9 Å². The van der Waals surface area contributed by atoms with Gasteiger partial charge in [0.1, 0.15) is 0 Å².